The molecule has 0 aliphatic heterocycles. The number of halogens is 1. The van der Waals surface area contributed by atoms with Gasteiger partial charge < -0.3 is 5.32 Å². The van der Waals surface area contributed by atoms with Crippen molar-refractivity contribution in [1.82, 2.24) is 15.1 Å². The van der Waals surface area contributed by atoms with Crippen LogP contribution in [-0.4, -0.2) is 21.7 Å². The maximum atomic E-state index is 12.2. The quantitative estimate of drug-likeness (QED) is 0.935. The third kappa shape index (κ3) is 2.88. The van der Waals surface area contributed by atoms with Gasteiger partial charge in [0.25, 0.3) is 5.91 Å². The van der Waals surface area contributed by atoms with Crippen LogP contribution in [-0.2, 0) is 0 Å². The van der Waals surface area contributed by atoms with Gasteiger partial charge in [-0.15, -0.1) is 0 Å². The number of nitrogens with zero attached hydrogens (tertiary/aromatic N) is 2. The minimum absolute atomic E-state index is 0.00449. The summed E-state index contributed by atoms with van der Waals surface area (Å²) in [5.41, 5.74) is 3.30. The highest BCUT2D eigenvalue weighted by atomic mass is 35.5. The predicted octanol–water partition coefficient (Wildman–Crippen LogP) is 3.81. The van der Waals surface area contributed by atoms with Crippen molar-refractivity contribution in [1.29, 1.82) is 0 Å². The minimum atomic E-state index is 0.00449. The van der Waals surface area contributed by atoms with Crippen LogP contribution < -0.4 is 5.32 Å². The molecule has 1 saturated carbocycles. The van der Waals surface area contributed by atoms with Crippen LogP contribution in [0.25, 0.3) is 5.69 Å². The van der Waals surface area contributed by atoms with Crippen molar-refractivity contribution in [3.63, 3.8) is 0 Å². The standard InChI is InChI=1S/C17H20ClN3O/c1-11-16(18)12(2)21(20-11)15-9-7-13(8-10-15)17(22)19-14-5-3-4-6-14/h7-10,14H,3-6H2,1-2H3,(H,19,22). The van der Waals surface area contributed by atoms with E-state index in [-0.39, 0.29) is 5.91 Å². The van der Waals surface area contributed by atoms with Gasteiger partial charge >= 0.3 is 0 Å². The van der Waals surface area contributed by atoms with Crippen LogP contribution >= 0.6 is 11.6 Å². The lowest BCUT2D eigenvalue weighted by Gasteiger charge is -2.12. The van der Waals surface area contributed by atoms with Crippen molar-refractivity contribution in [2.75, 3.05) is 0 Å². The molecule has 5 heteroatoms. The maximum Gasteiger partial charge on any atom is 0.251 e. The average molecular weight is 318 g/mol. The Balaban J connectivity index is 1.77. The molecule has 116 valence electrons. The fourth-order valence-corrected chi connectivity index (χ4v) is 3.09. The molecule has 22 heavy (non-hydrogen) atoms. The summed E-state index contributed by atoms with van der Waals surface area (Å²) in [6, 6.07) is 7.81. The number of nitrogens with one attached hydrogen (secondary N) is 1. The van der Waals surface area contributed by atoms with Crippen LogP contribution in [0.2, 0.25) is 5.02 Å². The Kier molecular flexibility index (Phi) is 4.21. The summed E-state index contributed by atoms with van der Waals surface area (Å²) in [5, 5.41) is 8.20. The maximum absolute atomic E-state index is 12.2. The molecule has 1 fully saturated rings. The Morgan fingerprint density at radius 2 is 1.86 bits per heavy atom. The van der Waals surface area contributed by atoms with Gasteiger partial charge in [0.2, 0.25) is 0 Å². The van der Waals surface area contributed by atoms with Gasteiger partial charge in [-0.25, -0.2) is 4.68 Å². The predicted molar refractivity (Wildman–Crippen MR) is 87.8 cm³/mol. The van der Waals surface area contributed by atoms with Crippen LogP contribution in [0.5, 0.6) is 0 Å². The Morgan fingerprint density at radius 3 is 2.41 bits per heavy atom. The highest BCUT2D eigenvalue weighted by molar-refractivity contribution is 6.31. The van der Waals surface area contributed by atoms with Gasteiger partial charge in [-0.1, -0.05) is 24.4 Å². The number of carbonyl (C=O) groups excluding carboxylic acids is 1. The third-order valence-corrected chi connectivity index (χ3v) is 4.81. The van der Waals surface area contributed by atoms with E-state index in [0.717, 1.165) is 29.9 Å². The number of amides is 1. The number of rotatable bonds is 3. The first-order chi connectivity index (χ1) is 10.6. The molecular formula is C17H20ClN3O. The van der Waals surface area contributed by atoms with Gasteiger partial charge in [0.1, 0.15) is 0 Å². The van der Waals surface area contributed by atoms with Crippen LogP contribution in [0.3, 0.4) is 0 Å². The normalized spacial score (nSPS) is 15.2. The Labute approximate surface area is 135 Å². The highest BCUT2D eigenvalue weighted by Crippen LogP contribution is 2.23. The summed E-state index contributed by atoms with van der Waals surface area (Å²) in [6.45, 7) is 3.82. The van der Waals surface area contributed by atoms with E-state index in [2.05, 4.69) is 10.4 Å². The van der Waals surface area contributed by atoms with Crippen molar-refractivity contribution < 1.29 is 4.79 Å². The highest BCUT2D eigenvalue weighted by Gasteiger charge is 2.18. The van der Waals surface area contributed by atoms with Crippen molar-refractivity contribution in [3.8, 4) is 5.69 Å². The summed E-state index contributed by atoms with van der Waals surface area (Å²) in [4.78, 5) is 12.2. The van der Waals surface area contributed by atoms with Crippen LogP contribution in [0.4, 0.5) is 0 Å². The number of hydrogen-bond acceptors (Lipinski definition) is 2. The lowest BCUT2D eigenvalue weighted by Crippen LogP contribution is -2.32. The molecule has 1 aliphatic carbocycles. The van der Waals surface area contributed by atoms with Gasteiger partial charge in [-0.05, 0) is 51.0 Å². The fourth-order valence-electron chi connectivity index (χ4n) is 2.97. The molecule has 3 rings (SSSR count). The molecule has 0 radical (unpaired) electrons. The van der Waals surface area contributed by atoms with E-state index < -0.39 is 0 Å². The first kappa shape index (κ1) is 15.1. The zero-order chi connectivity index (χ0) is 15.7. The van der Waals surface area contributed by atoms with Gasteiger partial charge in [-0.3, -0.25) is 4.79 Å². The first-order valence-corrected chi connectivity index (χ1v) is 8.07. The van der Waals surface area contributed by atoms with Gasteiger partial charge in [0.05, 0.1) is 22.1 Å². The second-order valence-corrected chi connectivity index (χ2v) is 6.28. The molecule has 1 aromatic carbocycles. The first-order valence-electron chi connectivity index (χ1n) is 7.69. The van der Waals surface area contributed by atoms with E-state index in [1.807, 2.05) is 38.1 Å². The number of benzene rings is 1. The molecular weight excluding hydrogens is 298 g/mol. The molecule has 0 atom stereocenters. The zero-order valence-corrected chi connectivity index (χ0v) is 13.7. The largest absolute Gasteiger partial charge is 0.349 e. The Morgan fingerprint density at radius 1 is 1.23 bits per heavy atom. The number of hydrogen-bond donors (Lipinski definition) is 1. The molecule has 0 bridgehead atoms. The molecule has 1 N–H and O–H groups in total. The molecule has 1 amide bonds. The van der Waals surface area contributed by atoms with E-state index in [9.17, 15) is 4.79 Å². The van der Waals surface area contributed by atoms with Gasteiger partial charge in [0, 0.05) is 11.6 Å². The Bertz CT molecular complexity index is 685. The molecule has 0 saturated heterocycles. The van der Waals surface area contributed by atoms with Crippen molar-refractivity contribution in [2.24, 2.45) is 0 Å². The fraction of sp³-hybridized carbons (Fsp3) is 0.412. The Hall–Kier alpha value is -1.81. The van der Waals surface area contributed by atoms with Gasteiger partial charge in [-0.2, -0.15) is 5.10 Å². The van der Waals surface area contributed by atoms with Gasteiger partial charge in [0.15, 0.2) is 0 Å². The summed E-state index contributed by atoms with van der Waals surface area (Å²) in [7, 11) is 0. The summed E-state index contributed by atoms with van der Waals surface area (Å²) in [6.07, 6.45) is 4.60. The molecule has 1 aliphatic rings. The number of aryl methyl sites for hydroxylation is 1. The average Bonchev–Trinajstić information content (AvgIpc) is 3.12. The third-order valence-electron chi connectivity index (χ3n) is 4.27. The van der Waals surface area contributed by atoms with Crippen molar-refractivity contribution in [3.05, 3.63) is 46.2 Å². The van der Waals surface area contributed by atoms with Crippen LogP contribution in [0.15, 0.2) is 24.3 Å². The summed E-state index contributed by atoms with van der Waals surface area (Å²) < 4.78 is 1.80. The summed E-state index contributed by atoms with van der Waals surface area (Å²) in [5.74, 6) is 0.00449. The van der Waals surface area contributed by atoms with Crippen molar-refractivity contribution >= 4 is 17.5 Å². The van der Waals surface area contributed by atoms with E-state index in [1.54, 1.807) is 4.68 Å². The lowest BCUT2D eigenvalue weighted by atomic mass is 10.1. The minimum Gasteiger partial charge on any atom is -0.349 e. The van der Waals surface area contributed by atoms with E-state index >= 15 is 0 Å². The molecule has 1 aromatic heterocycles. The van der Waals surface area contributed by atoms with Crippen molar-refractivity contribution in [2.45, 2.75) is 45.6 Å². The SMILES string of the molecule is Cc1nn(-c2ccc(C(=O)NC3CCCC3)cc2)c(C)c1Cl. The molecule has 0 unspecified atom stereocenters. The molecule has 2 aromatic rings. The van der Waals surface area contributed by atoms with Crippen LogP contribution in [0.1, 0.15) is 47.4 Å². The smallest absolute Gasteiger partial charge is 0.251 e. The number of aromatic nitrogens is 2. The van der Waals surface area contributed by atoms with Crippen LogP contribution in [0, 0.1) is 13.8 Å². The molecule has 1 heterocycles. The zero-order valence-electron chi connectivity index (χ0n) is 12.9. The van der Waals surface area contributed by atoms with E-state index in [4.69, 9.17) is 11.6 Å². The second-order valence-electron chi connectivity index (χ2n) is 5.90. The van der Waals surface area contributed by atoms with E-state index in [1.165, 1.54) is 12.8 Å². The topological polar surface area (TPSA) is 46.9 Å². The lowest BCUT2D eigenvalue weighted by molar-refractivity contribution is 0.0938. The second kappa shape index (κ2) is 6.13. The monoisotopic (exact) mass is 317 g/mol. The summed E-state index contributed by atoms with van der Waals surface area (Å²) >= 11 is 6.18. The molecule has 4 nitrogen and oxygen atoms in total. The van der Waals surface area contributed by atoms with E-state index in [0.29, 0.717) is 16.6 Å². The number of carbonyl (C=O) groups is 1. The molecule has 0 spiro atoms.